The molecule has 12 heavy (non-hydrogen) atoms. The lowest BCUT2D eigenvalue weighted by molar-refractivity contribution is 1.40. The fourth-order valence-electron chi connectivity index (χ4n) is 1.13. The van der Waals surface area contributed by atoms with Crippen LogP contribution in [0.3, 0.4) is 0 Å². The topological polar surface area (TPSA) is 38.9 Å². The maximum absolute atomic E-state index is 5.58. The van der Waals surface area contributed by atoms with Crippen molar-refractivity contribution >= 4 is 39.3 Å². The average Bonchev–Trinajstić information content (AvgIpc) is 2.07. The summed E-state index contributed by atoms with van der Waals surface area (Å²) in [5, 5.41) is 1.14. The molecule has 2 rings (SSSR count). The average molecular weight is 270 g/mol. The van der Waals surface area contributed by atoms with E-state index in [4.69, 9.17) is 5.73 Å². The van der Waals surface area contributed by atoms with Crippen LogP contribution in [0.15, 0.2) is 30.3 Å². The van der Waals surface area contributed by atoms with Crippen LogP contribution >= 0.6 is 22.6 Å². The lowest BCUT2D eigenvalue weighted by atomic mass is 10.2. The SMILES string of the molecule is Nc1ccc2cccc(I)c2n1. The number of nitrogens with two attached hydrogens (primary N) is 1. The second-order valence-corrected chi connectivity index (χ2v) is 3.71. The second-order valence-electron chi connectivity index (χ2n) is 2.55. The van der Waals surface area contributed by atoms with Crippen LogP contribution in [0, 0.1) is 3.57 Å². The Morgan fingerprint density at radius 2 is 2.00 bits per heavy atom. The van der Waals surface area contributed by atoms with Gasteiger partial charge in [-0.25, -0.2) is 4.98 Å². The van der Waals surface area contributed by atoms with Gasteiger partial charge in [-0.15, -0.1) is 0 Å². The van der Waals surface area contributed by atoms with Gasteiger partial charge in [-0.05, 0) is 40.8 Å². The van der Waals surface area contributed by atoms with Crippen molar-refractivity contribution in [3.63, 3.8) is 0 Å². The molecule has 0 amide bonds. The molecule has 0 saturated carbocycles. The van der Waals surface area contributed by atoms with Gasteiger partial charge < -0.3 is 5.73 Å². The smallest absolute Gasteiger partial charge is 0.124 e. The molecular formula is C9H7IN2. The summed E-state index contributed by atoms with van der Waals surface area (Å²) in [4.78, 5) is 4.25. The van der Waals surface area contributed by atoms with Crippen molar-refractivity contribution in [1.29, 1.82) is 0 Å². The largest absolute Gasteiger partial charge is 0.384 e. The molecule has 0 spiro atoms. The van der Waals surface area contributed by atoms with E-state index in [9.17, 15) is 0 Å². The molecule has 1 aromatic heterocycles. The van der Waals surface area contributed by atoms with Crippen LogP contribution in [-0.4, -0.2) is 4.98 Å². The molecule has 2 nitrogen and oxygen atoms in total. The quantitative estimate of drug-likeness (QED) is 0.747. The van der Waals surface area contributed by atoms with Crippen LogP contribution in [0.2, 0.25) is 0 Å². The summed E-state index contributed by atoms with van der Waals surface area (Å²) in [6, 6.07) is 9.87. The van der Waals surface area contributed by atoms with E-state index >= 15 is 0 Å². The Kier molecular flexibility index (Phi) is 1.88. The number of halogens is 1. The van der Waals surface area contributed by atoms with Gasteiger partial charge in [0.05, 0.1) is 5.52 Å². The molecule has 0 aliphatic carbocycles. The maximum atomic E-state index is 5.58. The van der Waals surface area contributed by atoms with Gasteiger partial charge in [0.25, 0.3) is 0 Å². The van der Waals surface area contributed by atoms with Gasteiger partial charge in [0.1, 0.15) is 5.82 Å². The minimum atomic E-state index is 0.576. The van der Waals surface area contributed by atoms with Crippen molar-refractivity contribution < 1.29 is 0 Å². The molecule has 0 unspecified atom stereocenters. The molecule has 0 saturated heterocycles. The Hall–Kier alpha value is -0.840. The van der Waals surface area contributed by atoms with E-state index in [0.29, 0.717) is 5.82 Å². The number of rotatable bonds is 0. The zero-order chi connectivity index (χ0) is 8.55. The predicted octanol–water partition coefficient (Wildman–Crippen LogP) is 2.42. The van der Waals surface area contributed by atoms with E-state index in [-0.39, 0.29) is 0 Å². The summed E-state index contributed by atoms with van der Waals surface area (Å²) >= 11 is 2.26. The second kappa shape index (κ2) is 2.90. The molecule has 0 bridgehead atoms. The highest BCUT2D eigenvalue weighted by molar-refractivity contribution is 14.1. The van der Waals surface area contributed by atoms with Crippen LogP contribution in [0.5, 0.6) is 0 Å². The molecule has 1 heterocycles. The van der Waals surface area contributed by atoms with Gasteiger partial charge in [-0.2, -0.15) is 0 Å². The first-order valence-corrected chi connectivity index (χ1v) is 4.66. The highest BCUT2D eigenvalue weighted by atomic mass is 127. The molecule has 3 heteroatoms. The summed E-state index contributed by atoms with van der Waals surface area (Å²) in [6.45, 7) is 0. The summed E-state index contributed by atoms with van der Waals surface area (Å²) in [5.74, 6) is 0.576. The number of nitrogens with zero attached hydrogens (tertiary/aromatic N) is 1. The monoisotopic (exact) mass is 270 g/mol. The molecule has 0 atom stereocenters. The molecule has 0 aliphatic rings. The summed E-state index contributed by atoms with van der Waals surface area (Å²) in [5.41, 5.74) is 6.56. The number of aromatic nitrogens is 1. The van der Waals surface area contributed by atoms with Gasteiger partial charge in [0, 0.05) is 8.96 Å². The van der Waals surface area contributed by atoms with E-state index in [1.807, 2.05) is 30.3 Å². The van der Waals surface area contributed by atoms with Gasteiger partial charge in [-0.1, -0.05) is 12.1 Å². The Morgan fingerprint density at radius 3 is 2.83 bits per heavy atom. The van der Waals surface area contributed by atoms with Crippen LogP contribution in [0.1, 0.15) is 0 Å². The van der Waals surface area contributed by atoms with Crippen molar-refractivity contribution in [2.24, 2.45) is 0 Å². The highest BCUT2D eigenvalue weighted by Gasteiger charge is 1.98. The Labute approximate surface area is 83.9 Å². The van der Waals surface area contributed by atoms with E-state index in [1.165, 1.54) is 0 Å². The first-order valence-electron chi connectivity index (χ1n) is 3.58. The van der Waals surface area contributed by atoms with E-state index in [0.717, 1.165) is 14.5 Å². The summed E-state index contributed by atoms with van der Waals surface area (Å²) in [7, 11) is 0. The molecule has 2 aromatic rings. The van der Waals surface area contributed by atoms with Crippen LogP contribution in [0.25, 0.3) is 10.9 Å². The van der Waals surface area contributed by atoms with Crippen molar-refractivity contribution in [3.05, 3.63) is 33.9 Å². The van der Waals surface area contributed by atoms with E-state index in [1.54, 1.807) is 0 Å². The van der Waals surface area contributed by atoms with Crippen molar-refractivity contribution in [2.75, 3.05) is 5.73 Å². The standard InChI is InChI=1S/C9H7IN2/c10-7-3-1-2-6-4-5-8(11)12-9(6)7/h1-5H,(H2,11,12). The van der Waals surface area contributed by atoms with Crippen molar-refractivity contribution in [3.8, 4) is 0 Å². The molecule has 1 aromatic carbocycles. The first-order chi connectivity index (χ1) is 5.77. The third-order valence-corrected chi connectivity index (χ3v) is 2.56. The molecule has 0 aliphatic heterocycles. The van der Waals surface area contributed by atoms with E-state index in [2.05, 4.69) is 27.6 Å². The summed E-state index contributed by atoms with van der Waals surface area (Å²) < 4.78 is 1.14. The Morgan fingerprint density at radius 1 is 1.17 bits per heavy atom. The normalized spacial score (nSPS) is 10.4. The molecule has 60 valence electrons. The van der Waals surface area contributed by atoms with Gasteiger partial charge in [-0.3, -0.25) is 0 Å². The number of nitrogen functional groups attached to an aromatic ring is 1. The van der Waals surface area contributed by atoms with Crippen molar-refractivity contribution in [1.82, 2.24) is 4.98 Å². The minimum absolute atomic E-state index is 0.576. The fraction of sp³-hybridized carbons (Fsp3) is 0. The summed E-state index contributed by atoms with van der Waals surface area (Å²) in [6.07, 6.45) is 0. The van der Waals surface area contributed by atoms with Crippen LogP contribution in [0.4, 0.5) is 5.82 Å². The predicted molar refractivity (Wildman–Crippen MR) is 58.9 cm³/mol. The van der Waals surface area contributed by atoms with Gasteiger partial charge in [0.15, 0.2) is 0 Å². The zero-order valence-electron chi connectivity index (χ0n) is 6.29. The van der Waals surface area contributed by atoms with Crippen molar-refractivity contribution in [2.45, 2.75) is 0 Å². The number of benzene rings is 1. The first kappa shape index (κ1) is 7.79. The third-order valence-electron chi connectivity index (χ3n) is 1.69. The zero-order valence-corrected chi connectivity index (χ0v) is 8.45. The molecule has 0 fully saturated rings. The highest BCUT2D eigenvalue weighted by Crippen LogP contribution is 2.19. The Bertz CT molecular complexity index is 426. The number of para-hydroxylation sites is 1. The van der Waals surface area contributed by atoms with Gasteiger partial charge in [0.2, 0.25) is 0 Å². The molecular weight excluding hydrogens is 263 g/mol. The molecule has 2 N–H and O–H groups in total. The molecule has 0 radical (unpaired) electrons. The fourth-order valence-corrected chi connectivity index (χ4v) is 1.77. The number of hydrogen-bond acceptors (Lipinski definition) is 2. The Balaban J connectivity index is 2.88. The number of anilines is 1. The number of pyridine rings is 1. The van der Waals surface area contributed by atoms with Crippen LogP contribution < -0.4 is 5.73 Å². The van der Waals surface area contributed by atoms with Gasteiger partial charge >= 0.3 is 0 Å². The lowest BCUT2D eigenvalue weighted by Gasteiger charge is -1.99. The van der Waals surface area contributed by atoms with E-state index < -0.39 is 0 Å². The van der Waals surface area contributed by atoms with Crippen LogP contribution in [-0.2, 0) is 0 Å². The maximum Gasteiger partial charge on any atom is 0.124 e. The number of fused-ring (bicyclic) bond motifs is 1. The third kappa shape index (κ3) is 1.24. The lowest BCUT2D eigenvalue weighted by Crippen LogP contribution is -1.90. The minimum Gasteiger partial charge on any atom is -0.384 e. The number of hydrogen-bond donors (Lipinski definition) is 1.